The molecule has 166 valence electrons. The molecule has 0 saturated carbocycles. The van der Waals surface area contributed by atoms with Crippen molar-refractivity contribution in [1.29, 1.82) is 5.26 Å². The second kappa shape index (κ2) is 9.40. The number of thioether (sulfide) groups is 1. The van der Waals surface area contributed by atoms with E-state index in [1.807, 2.05) is 30.5 Å². The molecule has 2 aromatic carbocycles. The number of hydrogen-bond acceptors (Lipinski definition) is 6. The maximum atomic E-state index is 13.2. The number of hydrogen-bond donors (Lipinski definition) is 1. The van der Waals surface area contributed by atoms with Crippen molar-refractivity contribution >= 4 is 56.5 Å². The zero-order valence-electron chi connectivity index (χ0n) is 18.1. The van der Waals surface area contributed by atoms with E-state index in [-0.39, 0.29) is 17.2 Å². The minimum absolute atomic E-state index is 0.0263. The number of nitrogens with one attached hydrogen (secondary N) is 1. The molecule has 0 aliphatic carbocycles. The molecule has 33 heavy (non-hydrogen) atoms. The van der Waals surface area contributed by atoms with Crippen LogP contribution in [0.25, 0.3) is 21.3 Å². The van der Waals surface area contributed by atoms with Crippen LogP contribution in [0.2, 0.25) is 5.02 Å². The molecule has 1 amide bonds. The number of amides is 1. The van der Waals surface area contributed by atoms with Gasteiger partial charge in [0.15, 0.2) is 5.16 Å². The van der Waals surface area contributed by atoms with E-state index in [1.165, 1.54) is 27.5 Å². The summed E-state index contributed by atoms with van der Waals surface area (Å²) in [6.07, 6.45) is 0. The third-order valence-electron chi connectivity index (χ3n) is 5.30. The van der Waals surface area contributed by atoms with Gasteiger partial charge in [0.25, 0.3) is 5.56 Å². The van der Waals surface area contributed by atoms with Crippen LogP contribution < -0.4 is 10.9 Å². The lowest BCUT2D eigenvalue weighted by Gasteiger charge is -2.10. The second-order valence-electron chi connectivity index (χ2n) is 7.53. The fourth-order valence-electron chi connectivity index (χ4n) is 3.34. The zero-order chi connectivity index (χ0) is 23.7. The molecule has 0 radical (unpaired) electrons. The molecule has 2 heterocycles. The topological polar surface area (TPSA) is 87.8 Å². The molecule has 0 unspecified atom stereocenters. The molecule has 4 aromatic rings. The standard InChI is InChI=1S/C24H19ClN4O2S2/c1-13-4-5-15(8-14(13)2)18-11-32-22-21(18)23(31)29(3)24(28-22)33-12-20(30)27-19-9-17(25)7-6-16(19)10-26/h4-9,11H,12H2,1-3H3,(H,27,30). The monoisotopic (exact) mass is 494 g/mol. The van der Waals surface area contributed by atoms with Crippen molar-refractivity contribution in [1.82, 2.24) is 9.55 Å². The van der Waals surface area contributed by atoms with E-state index >= 15 is 0 Å². The summed E-state index contributed by atoms with van der Waals surface area (Å²) >= 11 is 8.54. The van der Waals surface area contributed by atoms with Gasteiger partial charge in [0.05, 0.1) is 22.4 Å². The van der Waals surface area contributed by atoms with Gasteiger partial charge in [-0.2, -0.15) is 5.26 Å². The smallest absolute Gasteiger partial charge is 0.263 e. The number of halogens is 1. The average molecular weight is 495 g/mol. The summed E-state index contributed by atoms with van der Waals surface area (Å²) in [5.74, 6) is -0.298. The Morgan fingerprint density at radius 1 is 1.24 bits per heavy atom. The van der Waals surface area contributed by atoms with Gasteiger partial charge in [-0.3, -0.25) is 14.2 Å². The lowest BCUT2D eigenvalue weighted by atomic mass is 10.0. The molecule has 0 spiro atoms. The molecule has 0 atom stereocenters. The Balaban J connectivity index is 1.58. The molecule has 2 aromatic heterocycles. The van der Waals surface area contributed by atoms with Crippen molar-refractivity contribution in [3.05, 3.63) is 73.8 Å². The van der Waals surface area contributed by atoms with Gasteiger partial charge in [-0.15, -0.1) is 11.3 Å². The van der Waals surface area contributed by atoms with Crippen LogP contribution >= 0.6 is 34.7 Å². The minimum atomic E-state index is -0.324. The van der Waals surface area contributed by atoms with Gasteiger partial charge in [0.2, 0.25) is 5.91 Å². The summed E-state index contributed by atoms with van der Waals surface area (Å²) in [6, 6.07) is 12.8. The first-order valence-corrected chi connectivity index (χ1v) is 12.2. The molecule has 0 aliphatic rings. The fourth-order valence-corrected chi connectivity index (χ4v) is 5.27. The van der Waals surface area contributed by atoms with Gasteiger partial charge in [-0.25, -0.2) is 4.98 Å². The highest BCUT2D eigenvalue weighted by atomic mass is 35.5. The van der Waals surface area contributed by atoms with E-state index in [0.717, 1.165) is 28.5 Å². The summed E-state index contributed by atoms with van der Waals surface area (Å²) in [6.45, 7) is 4.10. The Morgan fingerprint density at radius 3 is 2.76 bits per heavy atom. The molecular formula is C24H19ClN4O2S2. The second-order valence-corrected chi connectivity index (χ2v) is 9.76. The average Bonchev–Trinajstić information content (AvgIpc) is 3.21. The Hall–Kier alpha value is -3.12. The summed E-state index contributed by atoms with van der Waals surface area (Å²) in [5, 5.41) is 15.3. The molecule has 0 bridgehead atoms. The number of nitriles is 1. The number of benzene rings is 2. The third kappa shape index (κ3) is 4.67. The Bertz CT molecular complexity index is 1500. The van der Waals surface area contributed by atoms with Crippen molar-refractivity contribution in [2.24, 2.45) is 7.05 Å². The predicted molar refractivity (Wildman–Crippen MR) is 135 cm³/mol. The summed E-state index contributed by atoms with van der Waals surface area (Å²) in [5.41, 5.74) is 4.73. The maximum absolute atomic E-state index is 13.2. The Labute approximate surface area is 203 Å². The maximum Gasteiger partial charge on any atom is 0.263 e. The number of aromatic nitrogens is 2. The van der Waals surface area contributed by atoms with E-state index in [0.29, 0.717) is 31.6 Å². The van der Waals surface area contributed by atoms with E-state index in [4.69, 9.17) is 11.6 Å². The number of rotatable bonds is 5. The first kappa shape index (κ1) is 23.1. The van der Waals surface area contributed by atoms with Crippen molar-refractivity contribution in [3.63, 3.8) is 0 Å². The van der Waals surface area contributed by atoms with Crippen LogP contribution in [0.1, 0.15) is 16.7 Å². The number of carbonyl (C=O) groups excluding carboxylic acids is 1. The highest BCUT2D eigenvalue weighted by Gasteiger charge is 2.17. The first-order chi connectivity index (χ1) is 15.8. The number of fused-ring (bicyclic) bond motifs is 1. The molecule has 1 N–H and O–H groups in total. The lowest BCUT2D eigenvalue weighted by Crippen LogP contribution is -2.21. The molecule has 0 fully saturated rings. The molecular weight excluding hydrogens is 476 g/mol. The number of nitrogens with zero attached hydrogens (tertiary/aromatic N) is 3. The Morgan fingerprint density at radius 2 is 2.03 bits per heavy atom. The van der Waals surface area contributed by atoms with Gasteiger partial charge in [-0.1, -0.05) is 41.6 Å². The number of thiophene rings is 1. The number of aryl methyl sites for hydroxylation is 2. The quantitative estimate of drug-likeness (QED) is 0.291. The van der Waals surface area contributed by atoms with Gasteiger partial charge >= 0.3 is 0 Å². The molecule has 6 nitrogen and oxygen atoms in total. The zero-order valence-corrected chi connectivity index (χ0v) is 20.5. The van der Waals surface area contributed by atoms with Crippen LogP contribution in [0.15, 0.2) is 51.7 Å². The van der Waals surface area contributed by atoms with Crippen LogP contribution in [-0.2, 0) is 11.8 Å². The summed E-state index contributed by atoms with van der Waals surface area (Å²) in [4.78, 5) is 30.9. The van der Waals surface area contributed by atoms with Crippen LogP contribution in [-0.4, -0.2) is 21.2 Å². The van der Waals surface area contributed by atoms with Gasteiger partial charge in [-0.05, 0) is 48.7 Å². The molecule has 9 heteroatoms. The third-order valence-corrected chi connectivity index (χ3v) is 7.44. The van der Waals surface area contributed by atoms with E-state index in [1.54, 1.807) is 19.2 Å². The first-order valence-electron chi connectivity index (χ1n) is 9.96. The van der Waals surface area contributed by atoms with Crippen LogP contribution in [0.3, 0.4) is 0 Å². The SMILES string of the molecule is Cc1ccc(-c2csc3nc(SCC(=O)Nc4cc(Cl)ccc4C#N)n(C)c(=O)c23)cc1C. The van der Waals surface area contributed by atoms with Gasteiger partial charge in [0.1, 0.15) is 10.9 Å². The predicted octanol–water partition coefficient (Wildman–Crippen LogP) is 5.53. The van der Waals surface area contributed by atoms with Crippen LogP contribution in [0, 0.1) is 25.2 Å². The summed E-state index contributed by atoms with van der Waals surface area (Å²) in [7, 11) is 1.65. The van der Waals surface area contributed by atoms with Crippen LogP contribution in [0.4, 0.5) is 5.69 Å². The van der Waals surface area contributed by atoms with Crippen LogP contribution in [0.5, 0.6) is 0 Å². The van der Waals surface area contributed by atoms with E-state index < -0.39 is 0 Å². The lowest BCUT2D eigenvalue weighted by molar-refractivity contribution is -0.113. The highest BCUT2D eigenvalue weighted by molar-refractivity contribution is 7.99. The number of anilines is 1. The van der Waals surface area contributed by atoms with E-state index in [9.17, 15) is 14.9 Å². The van der Waals surface area contributed by atoms with Crippen molar-refractivity contribution in [2.75, 3.05) is 11.1 Å². The van der Waals surface area contributed by atoms with Crippen molar-refractivity contribution < 1.29 is 4.79 Å². The fraction of sp³-hybridized carbons (Fsp3) is 0.167. The highest BCUT2D eigenvalue weighted by Crippen LogP contribution is 2.33. The minimum Gasteiger partial charge on any atom is -0.324 e. The largest absolute Gasteiger partial charge is 0.324 e. The molecule has 0 aliphatic heterocycles. The van der Waals surface area contributed by atoms with Gasteiger partial charge < -0.3 is 5.32 Å². The molecule has 0 saturated heterocycles. The van der Waals surface area contributed by atoms with Gasteiger partial charge in [0, 0.05) is 23.0 Å². The van der Waals surface area contributed by atoms with E-state index in [2.05, 4.69) is 23.3 Å². The normalized spacial score (nSPS) is 10.9. The van der Waals surface area contributed by atoms with Crippen molar-refractivity contribution in [3.8, 4) is 17.2 Å². The molecule has 4 rings (SSSR count). The Kier molecular flexibility index (Phi) is 6.56. The summed E-state index contributed by atoms with van der Waals surface area (Å²) < 4.78 is 1.47. The van der Waals surface area contributed by atoms with Crippen molar-refractivity contribution in [2.45, 2.75) is 19.0 Å². The number of carbonyl (C=O) groups is 1.